The van der Waals surface area contributed by atoms with E-state index in [9.17, 15) is 22.8 Å². The van der Waals surface area contributed by atoms with Gasteiger partial charge in [0.1, 0.15) is 17.0 Å². The van der Waals surface area contributed by atoms with Crippen LogP contribution in [0.1, 0.15) is 12.5 Å². The molecular weight excluding hydrogens is 405 g/mol. The Hall–Kier alpha value is -3.50. The summed E-state index contributed by atoms with van der Waals surface area (Å²) >= 11 is 0. The first kappa shape index (κ1) is 21.2. The lowest BCUT2D eigenvalue weighted by Gasteiger charge is -2.29. The Labute approximate surface area is 170 Å². The van der Waals surface area contributed by atoms with E-state index in [1.165, 1.54) is 37.3 Å². The number of nitrogens with one attached hydrogen (secondary N) is 2. The summed E-state index contributed by atoms with van der Waals surface area (Å²) in [4.78, 5) is 29.5. The molecule has 0 radical (unpaired) electrons. The van der Waals surface area contributed by atoms with E-state index in [1.807, 2.05) is 0 Å². The Morgan fingerprint density at radius 2 is 2.03 bits per heavy atom. The van der Waals surface area contributed by atoms with E-state index in [4.69, 9.17) is 9.47 Å². The molecule has 11 heteroatoms. The number of methoxy groups -OCH3 is 1. The monoisotopic (exact) mass is 424 g/mol. The summed E-state index contributed by atoms with van der Waals surface area (Å²) in [6.07, 6.45) is -3.83. The van der Waals surface area contributed by atoms with Crippen molar-refractivity contribution in [3.8, 4) is 17.4 Å². The molecule has 0 saturated carbocycles. The highest BCUT2D eigenvalue weighted by molar-refractivity contribution is 6.02. The quantitative estimate of drug-likeness (QED) is 0.769. The first-order valence-corrected chi connectivity index (χ1v) is 8.77. The van der Waals surface area contributed by atoms with Crippen molar-refractivity contribution < 1.29 is 32.2 Å². The molecule has 1 unspecified atom stereocenters. The number of anilines is 1. The first-order valence-electron chi connectivity index (χ1n) is 8.77. The van der Waals surface area contributed by atoms with E-state index in [-0.39, 0.29) is 29.9 Å². The number of hydrogen-bond acceptors (Lipinski definition) is 5. The zero-order valence-electron chi connectivity index (χ0n) is 16.3. The topological polar surface area (TPSA) is 92.8 Å². The number of carbonyl (C=O) groups is 2. The molecule has 3 amide bonds. The van der Waals surface area contributed by atoms with Crippen molar-refractivity contribution in [1.29, 1.82) is 0 Å². The number of nitrogens with zero attached hydrogens (tertiary/aromatic N) is 2. The van der Waals surface area contributed by atoms with Gasteiger partial charge in [0.2, 0.25) is 5.88 Å². The van der Waals surface area contributed by atoms with Gasteiger partial charge in [0.25, 0.3) is 5.91 Å². The lowest BCUT2D eigenvalue weighted by molar-refractivity contribution is -0.137. The van der Waals surface area contributed by atoms with E-state index in [0.717, 1.165) is 12.1 Å². The molecule has 1 atom stereocenters. The highest BCUT2D eigenvalue weighted by Crippen LogP contribution is 2.33. The van der Waals surface area contributed by atoms with Gasteiger partial charge in [-0.05, 0) is 25.1 Å². The maximum absolute atomic E-state index is 12.8. The normalized spacial score (nSPS) is 18.7. The van der Waals surface area contributed by atoms with Crippen LogP contribution < -0.4 is 20.1 Å². The zero-order chi connectivity index (χ0) is 22.1. The van der Waals surface area contributed by atoms with Gasteiger partial charge in [0, 0.05) is 25.4 Å². The Kier molecular flexibility index (Phi) is 5.47. The van der Waals surface area contributed by atoms with Gasteiger partial charge >= 0.3 is 12.2 Å². The minimum atomic E-state index is -4.50. The Morgan fingerprint density at radius 1 is 1.30 bits per heavy atom. The molecule has 160 valence electrons. The molecule has 8 nitrogen and oxygen atoms in total. The summed E-state index contributed by atoms with van der Waals surface area (Å²) in [6.45, 7) is 1.74. The molecule has 1 saturated heterocycles. The Balaban J connectivity index is 1.80. The number of aromatic nitrogens is 1. The number of pyridine rings is 1. The van der Waals surface area contributed by atoms with Crippen LogP contribution in [0.5, 0.6) is 17.4 Å². The number of ether oxygens (including phenoxy) is 2. The molecule has 1 aliphatic rings. The molecule has 0 spiro atoms. The molecule has 2 N–H and O–H groups in total. The van der Waals surface area contributed by atoms with Crippen LogP contribution in [0, 0.1) is 0 Å². The van der Waals surface area contributed by atoms with Crippen LogP contribution in [-0.2, 0) is 11.0 Å². The number of hydrogen-bond donors (Lipinski definition) is 2. The molecule has 30 heavy (non-hydrogen) atoms. The van der Waals surface area contributed by atoms with Crippen molar-refractivity contribution >= 4 is 17.6 Å². The van der Waals surface area contributed by atoms with Crippen molar-refractivity contribution in [2.24, 2.45) is 0 Å². The number of alkyl halides is 3. The van der Waals surface area contributed by atoms with E-state index >= 15 is 0 Å². The molecule has 2 aromatic rings. The minimum Gasteiger partial charge on any atom is -0.495 e. The number of halogens is 3. The van der Waals surface area contributed by atoms with Gasteiger partial charge in [-0.25, -0.2) is 9.78 Å². The van der Waals surface area contributed by atoms with Crippen LogP contribution in [-0.4, -0.2) is 48.1 Å². The van der Waals surface area contributed by atoms with Crippen molar-refractivity contribution in [1.82, 2.24) is 15.2 Å². The molecule has 1 aromatic carbocycles. The fourth-order valence-corrected chi connectivity index (χ4v) is 2.78. The van der Waals surface area contributed by atoms with Crippen LogP contribution in [0.4, 0.5) is 23.7 Å². The number of likely N-dealkylation sites (N-methyl/N-ethyl adjacent to an activating group) is 1. The number of urea groups is 1. The molecule has 1 aliphatic heterocycles. The summed E-state index contributed by atoms with van der Waals surface area (Å²) in [6, 6.07) is 6.07. The first-order chi connectivity index (χ1) is 14.0. The second-order valence-electron chi connectivity index (χ2n) is 6.79. The average molecular weight is 424 g/mol. The fraction of sp³-hybridized carbons (Fsp3) is 0.316. The summed E-state index contributed by atoms with van der Waals surface area (Å²) in [5.41, 5.74) is -1.75. The maximum Gasteiger partial charge on any atom is 0.417 e. The Morgan fingerprint density at radius 3 is 2.57 bits per heavy atom. The second-order valence-corrected chi connectivity index (χ2v) is 6.79. The van der Waals surface area contributed by atoms with E-state index in [0.29, 0.717) is 11.9 Å². The Bertz CT molecular complexity index is 965. The third-order valence-corrected chi connectivity index (χ3v) is 4.82. The standard InChI is InChI=1S/C19H19F3N4O4/c1-18(10-24-17(28)26(18)2)16(27)25-13-8-12(5-6-14(13)29-3)30-15-7-4-11(9-23-15)19(20,21)22/h4-9H,10H2,1-3H3,(H,24,28)(H,25,27). The fourth-order valence-electron chi connectivity index (χ4n) is 2.78. The van der Waals surface area contributed by atoms with E-state index < -0.39 is 23.2 Å². The van der Waals surface area contributed by atoms with Crippen molar-refractivity contribution in [3.63, 3.8) is 0 Å². The average Bonchev–Trinajstić information content (AvgIpc) is 2.96. The SMILES string of the molecule is COc1ccc(Oc2ccc(C(F)(F)F)cn2)cc1NC(=O)C1(C)CNC(=O)N1C. The van der Waals surface area contributed by atoms with Gasteiger partial charge < -0.3 is 25.0 Å². The predicted octanol–water partition coefficient (Wildman–Crippen LogP) is 3.25. The van der Waals surface area contributed by atoms with Crippen LogP contribution in [0.3, 0.4) is 0 Å². The van der Waals surface area contributed by atoms with Crippen LogP contribution in [0.15, 0.2) is 36.5 Å². The smallest absolute Gasteiger partial charge is 0.417 e. The molecule has 2 heterocycles. The van der Waals surface area contributed by atoms with Crippen molar-refractivity contribution in [2.45, 2.75) is 18.6 Å². The number of rotatable bonds is 5. The minimum absolute atomic E-state index is 0.0530. The van der Waals surface area contributed by atoms with Gasteiger partial charge in [-0.1, -0.05) is 0 Å². The summed E-state index contributed by atoms with van der Waals surface area (Å²) in [5.74, 6) is 0.0475. The highest BCUT2D eigenvalue weighted by Gasteiger charge is 2.45. The van der Waals surface area contributed by atoms with E-state index in [1.54, 1.807) is 6.92 Å². The molecule has 1 fully saturated rings. The van der Waals surface area contributed by atoms with Gasteiger partial charge in [-0.2, -0.15) is 13.2 Å². The lowest BCUT2D eigenvalue weighted by Crippen LogP contribution is -2.51. The van der Waals surface area contributed by atoms with E-state index in [2.05, 4.69) is 15.6 Å². The molecular formula is C19H19F3N4O4. The second kappa shape index (κ2) is 7.73. The van der Waals surface area contributed by atoms with Gasteiger partial charge in [0.05, 0.1) is 24.9 Å². The van der Waals surface area contributed by atoms with Crippen LogP contribution in [0.25, 0.3) is 0 Å². The molecule has 0 bridgehead atoms. The predicted molar refractivity (Wildman–Crippen MR) is 101 cm³/mol. The van der Waals surface area contributed by atoms with Gasteiger partial charge in [-0.15, -0.1) is 0 Å². The maximum atomic E-state index is 12.8. The van der Waals surface area contributed by atoms with Crippen molar-refractivity contribution in [2.75, 3.05) is 26.0 Å². The number of amides is 3. The molecule has 0 aliphatic carbocycles. The number of carbonyl (C=O) groups excluding carboxylic acids is 2. The summed E-state index contributed by atoms with van der Waals surface area (Å²) in [7, 11) is 2.92. The highest BCUT2D eigenvalue weighted by atomic mass is 19.4. The molecule has 1 aromatic heterocycles. The number of benzene rings is 1. The third-order valence-electron chi connectivity index (χ3n) is 4.82. The van der Waals surface area contributed by atoms with Crippen LogP contribution in [0.2, 0.25) is 0 Å². The summed E-state index contributed by atoms with van der Waals surface area (Å²) < 4.78 is 48.7. The lowest BCUT2D eigenvalue weighted by atomic mass is 10.0. The molecule has 3 rings (SSSR count). The third kappa shape index (κ3) is 4.09. The van der Waals surface area contributed by atoms with Crippen molar-refractivity contribution in [3.05, 3.63) is 42.1 Å². The van der Waals surface area contributed by atoms with Gasteiger partial charge in [-0.3, -0.25) is 4.79 Å². The van der Waals surface area contributed by atoms with Crippen LogP contribution >= 0.6 is 0 Å². The summed E-state index contributed by atoms with van der Waals surface area (Å²) in [5, 5.41) is 5.30. The van der Waals surface area contributed by atoms with Gasteiger partial charge in [0.15, 0.2) is 0 Å². The zero-order valence-corrected chi connectivity index (χ0v) is 16.3. The largest absolute Gasteiger partial charge is 0.495 e.